The maximum Gasteiger partial charge on any atom is 0.272 e. The van der Waals surface area contributed by atoms with Gasteiger partial charge in [-0.25, -0.2) is 0 Å². The minimum Gasteiger partial charge on any atom is -0.370 e. The van der Waals surface area contributed by atoms with Crippen molar-refractivity contribution >= 4 is 17.2 Å². The first-order valence-corrected chi connectivity index (χ1v) is 11.0. The van der Waals surface area contributed by atoms with Crippen molar-refractivity contribution in [3.63, 3.8) is 0 Å². The quantitative estimate of drug-likeness (QED) is 0.641. The molecule has 0 bridgehead atoms. The summed E-state index contributed by atoms with van der Waals surface area (Å²) in [4.78, 5) is 17.7. The number of carbonyl (C=O) groups excluding carboxylic acids is 1. The number of fused-ring (bicyclic) bond motifs is 2. The van der Waals surface area contributed by atoms with Gasteiger partial charge in [0, 0.05) is 36.3 Å². The van der Waals surface area contributed by atoms with Crippen molar-refractivity contribution in [2.24, 2.45) is 7.05 Å². The molecule has 1 saturated heterocycles. The second kappa shape index (κ2) is 7.11. The summed E-state index contributed by atoms with van der Waals surface area (Å²) in [6, 6.07) is 14.8. The highest BCUT2D eigenvalue weighted by molar-refractivity contribution is 7.15. The van der Waals surface area contributed by atoms with Crippen LogP contribution >= 0.6 is 11.3 Å². The average molecular weight is 408 g/mol. The second-order valence-electron chi connectivity index (χ2n) is 7.99. The van der Waals surface area contributed by atoms with Gasteiger partial charge >= 0.3 is 0 Å². The number of aryl methyl sites for hydroxylation is 2. The van der Waals surface area contributed by atoms with Crippen molar-refractivity contribution in [2.75, 3.05) is 19.7 Å². The molecule has 0 radical (unpaired) electrons. The first-order chi connectivity index (χ1) is 14.1. The minimum atomic E-state index is -0.254. The zero-order valence-corrected chi connectivity index (χ0v) is 17.7. The Morgan fingerprint density at radius 1 is 1.17 bits per heavy atom. The van der Waals surface area contributed by atoms with Gasteiger partial charge in [-0.3, -0.25) is 9.48 Å². The normalized spacial score (nSPS) is 18.1. The summed E-state index contributed by atoms with van der Waals surface area (Å²) in [6.45, 7) is 4.09. The van der Waals surface area contributed by atoms with E-state index in [0.29, 0.717) is 18.8 Å². The summed E-state index contributed by atoms with van der Waals surface area (Å²) in [5, 5.41) is 4.32. The molecular formula is C23H25N3O2S. The topological polar surface area (TPSA) is 47.4 Å². The Morgan fingerprint density at radius 3 is 2.62 bits per heavy atom. The number of rotatable bonds is 2. The molecule has 2 aliphatic rings. The van der Waals surface area contributed by atoms with E-state index in [9.17, 15) is 4.79 Å². The number of amides is 1. The van der Waals surface area contributed by atoms with Crippen LogP contribution in [0.3, 0.4) is 0 Å². The Bertz CT molecular complexity index is 1050. The van der Waals surface area contributed by atoms with Gasteiger partial charge in [-0.2, -0.15) is 5.10 Å². The van der Waals surface area contributed by atoms with Gasteiger partial charge in [0.05, 0.1) is 17.9 Å². The van der Waals surface area contributed by atoms with E-state index < -0.39 is 0 Å². The fraction of sp³-hybridized carbons (Fsp3) is 0.391. The lowest BCUT2D eigenvalue weighted by Crippen LogP contribution is -2.48. The van der Waals surface area contributed by atoms with Crippen molar-refractivity contribution in [1.29, 1.82) is 0 Å². The van der Waals surface area contributed by atoms with Crippen LogP contribution in [0.2, 0.25) is 0 Å². The Labute approximate surface area is 174 Å². The molecule has 1 fully saturated rings. The fourth-order valence-corrected chi connectivity index (χ4v) is 5.86. The van der Waals surface area contributed by atoms with E-state index in [1.54, 1.807) is 4.68 Å². The van der Waals surface area contributed by atoms with Gasteiger partial charge in [0.15, 0.2) is 0 Å². The molecule has 3 aromatic rings. The summed E-state index contributed by atoms with van der Waals surface area (Å²) in [7, 11) is 1.83. The second-order valence-corrected chi connectivity index (χ2v) is 9.13. The number of hydrogen-bond acceptors (Lipinski definition) is 4. The lowest BCUT2D eigenvalue weighted by molar-refractivity contribution is -0.0927. The van der Waals surface area contributed by atoms with E-state index in [1.807, 2.05) is 36.3 Å². The first kappa shape index (κ1) is 18.6. The molecule has 4 heterocycles. The van der Waals surface area contributed by atoms with Crippen LogP contribution in [-0.2, 0) is 23.8 Å². The molecule has 1 amide bonds. The number of hydrogen-bond donors (Lipinski definition) is 0. The van der Waals surface area contributed by atoms with Crippen molar-refractivity contribution < 1.29 is 9.53 Å². The van der Waals surface area contributed by atoms with Crippen LogP contribution in [0.15, 0.2) is 42.5 Å². The molecule has 1 spiro atoms. The molecule has 5 rings (SSSR count). The molecule has 0 atom stereocenters. The minimum absolute atomic E-state index is 0.0641. The van der Waals surface area contributed by atoms with Gasteiger partial charge in [0.2, 0.25) is 0 Å². The molecule has 0 unspecified atom stereocenters. The van der Waals surface area contributed by atoms with Crippen molar-refractivity contribution in [3.05, 3.63) is 64.3 Å². The van der Waals surface area contributed by atoms with Crippen LogP contribution in [-0.4, -0.2) is 40.3 Å². The number of benzene rings is 1. The van der Waals surface area contributed by atoms with Gasteiger partial charge in [0.1, 0.15) is 5.69 Å². The molecule has 5 nitrogen and oxygen atoms in total. The van der Waals surface area contributed by atoms with E-state index in [2.05, 4.69) is 41.5 Å². The van der Waals surface area contributed by atoms with Gasteiger partial charge < -0.3 is 9.64 Å². The predicted octanol–water partition coefficient (Wildman–Crippen LogP) is 4.16. The van der Waals surface area contributed by atoms with Crippen LogP contribution in [0, 0.1) is 6.92 Å². The third kappa shape index (κ3) is 3.20. The zero-order chi connectivity index (χ0) is 20.0. The standard InChI is InChI=1S/C23H25N3O2S/c1-16-14-19(25(2)24-16)22(27)26-11-9-23(10-12-26)18-15-21(17-6-4-3-5-7-17)29-20(18)8-13-28-23/h3-7,14-15H,8-13H2,1-2H3. The number of likely N-dealkylation sites (tertiary alicyclic amines) is 1. The number of aromatic nitrogens is 2. The highest BCUT2D eigenvalue weighted by Gasteiger charge is 2.43. The Hall–Kier alpha value is -2.44. The van der Waals surface area contributed by atoms with Crippen LogP contribution in [0.4, 0.5) is 0 Å². The smallest absolute Gasteiger partial charge is 0.272 e. The molecule has 1 aromatic carbocycles. The summed E-state index contributed by atoms with van der Waals surface area (Å²) in [5.41, 5.74) is 3.88. The summed E-state index contributed by atoms with van der Waals surface area (Å²) >= 11 is 1.89. The predicted molar refractivity (Wildman–Crippen MR) is 114 cm³/mol. The lowest BCUT2D eigenvalue weighted by atomic mass is 9.82. The van der Waals surface area contributed by atoms with Crippen molar-refractivity contribution in [2.45, 2.75) is 31.8 Å². The summed E-state index contributed by atoms with van der Waals surface area (Å²) in [6.07, 6.45) is 2.66. The third-order valence-electron chi connectivity index (χ3n) is 6.15. The number of piperidine rings is 1. The molecule has 29 heavy (non-hydrogen) atoms. The van der Waals surface area contributed by atoms with Gasteiger partial charge in [-0.05, 0) is 43.0 Å². The Morgan fingerprint density at radius 2 is 1.93 bits per heavy atom. The number of ether oxygens (including phenoxy) is 1. The molecule has 2 aliphatic heterocycles. The maximum atomic E-state index is 13.0. The van der Waals surface area contributed by atoms with Crippen molar-refractivity contribution in [3.8, 4) is 10.4 Å². The number of nitrogens with zero attached hydrogens (tertiary/aromatic N) is 3. The molecular weight excluding hydrogens is 382 g/mol. The van der Waals surface area contributed by atoms with E-state index in [0.717, 1.165) is 31.6 Å². The summed E-state index contributed by atoms with van der Waals surface area (Å²) < 4.78 is 8.08. The lowest BCUT2D eigenvalue weighted by Gasteiger charge is -2.44. The molecule has 0 N–H and O–H groups in total. The first-order valence-electron chi connectivity index (χ1n) is 10.2. The van der Waals surface area contributed by atoms with E-state index in [-0.39, 0.29) is 11.5 Å². The monoisotopic (exact) mass is 407 g/mol. The zero-order valence-electron chi connectivity index (χ0n) is 16.9. The van der Waals surface area contributed by atoms with Gasteiger partial charge in [-0.15, -0.1) is 11.3 Å². The number of thiophene rings is 1. The summed E-state index contributed by atoms with van der Waals surface area (Å²) in [5.74, 6) is 0.0641. The number of carbonyl (C=O) groups is 1. The van der Waals surface area contributed by atoms with E-state index >= 15 is 0 Å². The molecule has 0 saturated carbocycles. The van der Waals surface area contributed by atoms with Crippen LogP contribution in [0.1, 0.15) is 39.5 Å². The van der Waals surface area contributed by atoms with Crippen LogP contribution in [0.5, 0.6) is 0 Å². The largest absolute Gasteiger partial charge is 0.370 e. The SMILES string of the molecule is Cc1cc(C(=O)N2CCC3(CC2)OCCc2sc(-c4ccccc4)cc23)n(C)n1. The Kier molecular flexibility index (Phi) is 4.56. The van der Waals surface area contributed by atoms with E-state index in [1.165, 1.54) is 20.9 Å². The van der Waals surface area contributed by atoms with Crippen molar-refractivity contribution in [1.82, 2.24) is 14.7 Å². The van der Waals surface area contributed by atoms with Gasteiger partial charge in [-0.1, -0.05) is 30.3 Å². The third-order valence-corrected chi connectivity index (χ3v) is 7.39. The molecule has 2 aromatic heterocycles. The maximum absolute atomic E-state index is 13.0. The Balaban J connectivity index is 1.38. The fourth-order valence-electron chi connectivity index (χ4n) is 4.62. The average Bonchev–Trinajstić information content (AvgIpc) is 3.33. The molecule has 150 valence electrons. The highest BCUT2D eigenvalue weighted by atomic mass is 32.1. The van der Waals surface area contributed by atoms with Crippen LogP contribution < -0.4 is 0 Å². The molecule has 0 aliphatic carbocycles. The van der Waals surface area contributed by atoms with E-state index in [4.69, 9.17) is 4.74 Å². The van der Waals surface area contributed by atoms with Gasteiger partial charge in [0.25, 0.3) is 5.91 Å². The molecule has 6 heteroatoms. The van der Waals surface area contributed by atoms with Crippen LogP contribution in [0.25, 0.3) is 10.4 Å². The highest BCUT2D eigenvalue weighted by Crippen LogP contribution is 2.46.